The minimum absolute atomic E-state index is 0.166. The lowest BCUT2D eigenvalue weighted by Crippen LogP contribution is -2.03. The van der Waals surface area contributed by atoms with Crippen LogP contribution < -0.4 is 5.32 Å². The molecule has 0 aromatic heterocycles. The molecular weight excluding hydrogens is 262 g/mol. The zero-order chi connectivity index (χ0) is 13.4. The number of carbonyl (C=O) groups excluding carboxylic acids is 1. The Morgan fingerprint density at radius 2 is 2.00 bits per heavy atom. The molecule has 1 aliphatic heterocycles. The zero-order valence-corrected chi connectivity index (χ0v) is 10.6. The number of hydrogen-bond acceptors (Lipinski definition) is 2. The van der Waals surface area contributed by atoms with E-state index in [2.05, 4.69) is 5.32 Å². The van der Waals surface area contributed by atoms with Gasteiger partial charge in [0.05, 0.1) is 5.69 Å². The van der Waals surface area contributed by atoms with E-state index >= 15 is 0 Å². The largest absolute Gasteiger partial charge is 0.508 e. The van der Waals surface area contributed by atoms with E-state index in [9.17, 15) is 9.90 Å². The number of halogens is 1. The number of hydrogen-bond donors (Lipinski definition) is 2. The first kappa shape index (κ1) is 11.8. The molecule has 0 spiro atoms. The Balaban J connectivity index is 2.09. The van der Waals surface area contributed by atoms with Crippen LogP contribution in [0.3, 0.4) is 0 Å². The molecule has 1 heterocycles. The van der Waals surface area contributed by atoms with Crippen molar-refractivity contribution in [3.8, 4) is 5.75 Å². The van der Waals surface area contributed by atoms with E-state index in [1.54, 1.807) is 36.4 Å². The molecule has 3 rings (SSSR count). The van der Waals surface area contributed by atoms with Gasteiger partial charge >= 0.3 is 0 Å². The summed E-state index contributed by atoms with van der Waals surface area (Å²) >= 11 is 5.90. The molecule has 19 heavy (non-hydrogen) atoms. The number of nitrogens with one attached hydrogen (secondary N) is 1. The molecule has 0 saturated carbocycles. The molecule has 0 fully saturated rings. The Morgan fingerprint density at radius 3 is 2.79 bits per heavy atom. The predicted molar refractivity (Wildman–Crippen MR) is 76.1 cm³/mol. The third kappa shape index (κ3) is 2.20. The molecule has 0 saturated heterocycles. The summed E-state index contributed by atoms with van der Waals surface area (Å²) in [6.07, 6.45) is 1.74. The second-order valence-corrected chi connectivity index (χ2v) is 4.73. The van der Waals surface area contributed by atoms with Gasteiger partial charge < -0.3 is 10.4 Å². The topological polar surface area (TPSA) is 49.3 Å². The van der Waals surface area contributed by atoms with Gasteiger partial charge in [-0.05, 0) is 35.9 Å². The van der Waals surface area contributed by atoms with Crippen molar-refractivity contribution in [3.05, 3.63) is 58.6 Å². The third-order valence-corrected chi connectivity index (χ3v) is 3.18. The van der Waals surface area contributed by atoms with E-state index in [1.807, 2.05) is 12.1 Å². The van der Waals surface area contributed by atoms with Gasteiger partial charge in [0.1, 0.15) is 5.75 Å². The summed E-state index contributed by atoms with van der Waals surface area (Å²) in [6.45, 7) is 0. The van der Waals surface area contributed by atoms with Crippen molar-refractivity contribution < 1.29 is 9.90 Å². The number of carbonyl (C=O) groups is 1. The highest BCUT2D eigenvalue weighted by atomic mass is 35.5. The van der Waals surface area contributed by atoms with Crippen LogP contribution in [0.4, 0.5) is 5.69 Å². The SMILES string of the molecule is O=C1Nc2cc(Cl)ccc2/C1=C/c1cccc(O)c1. The number of fused-ring (bicyclic) bond motifs is 1. The van der Waals surface area contributed by atoms with Crippen LogP contribution in [0.5, 0.6) is 5.75 Å². The number of phenols is 1. The van der Waals surface area contributed by atoms with Gasteiger partial charge in [-0.3, -0.25) is 4.79 Å². The first-order valence-corrected chi connectivity index (χ1v) is 6.13. The summed E-state index contributed by atoms with van der Waals surface area (Å²) in [4.78, 5) is 11.9. The van der Waals surface area contributed by atoms with E-state index in [1.165, 1.54) is 0 Å². The van der Waals surface area contributed by atoms with E-state index in [-0.39, 0.29) is 11.7 Å². The molecule has 3 nitrogen and oxygen atoms in total. The van der Waals surface area contributed by atoms with E-state index in [0.29, 0.717) is 16.3 Å². The Labute approximate surface area is 115 Å². The van der Waals surface area contributed by atoms with Gasteiger partial charge in [-0.15, -0.1) is 0 Å². The highest BCUT2D eigenvalue weighted by Gasteiger charge is 2.23. The minimum atomic E-state index is -0.166. The predicted octanol–water partition coefficient (Wildman–Crippen LogP) is 3.54. The number of phenolic OH excluding ortho intramolecular Hbond substituents is 1. The number of aromatic hydroxyl groups is 1. The van der Waals surface area contributed by atoms with Gasteiger partial charge in [-0.2, -0.15) is 0 Å². The average molecular weight is 272 g/mol. The maximum absolute atomic E-state index is 11.9. The van der Waals surface area contributed by atoms with Gasteiger partial charge in [0, 0.05) is 16.2 Å². The van der Waals surface area contributed by atoms with Gasteiger partial charge in [-0.25, -0.2) is 0 Å². The number of amides is 1. The molecule has 1 amide bonds. The zero-order valence-electron chi connectivity index (χ0n) is 9.85. The molecular formula is C15H10ClNO2. The fourth-order valence-corrected chi connectivity index (χ4v) is 2.26. The van der Waals surface area contributed by atoms with Crippen LogP contribution >= 0.6 is 11.6 Å². The van der Waals surface area contributed by atoms with E-state index in [4.69, 9.17) is 11.6 Å². The van der Waals surface area contributed by atoms with Crippen molar-refractivity contribution >= 4 is 34.8 Å². The quantitative estimate of drug-likeness (QED) is 0.780. The number of rotatable bonds is 1. The first-order valence-electron chi connectivity index (χ1n) is 5.75. The van der Waals surface area contributed by atoms with Crippen LogP contribution in [0, 0.1) is 0 Å². The maximum Gasteiger partial charge on any atom is 0.256 e. The van der Waals surface area contributed by atoms with Crippen molar-refractivity contribution in [2.45, 2.75) is 0 Å². The van der Waals surface area contributed by atoms with E-state index < -0.39 is 0 Å². The highest BCUT2D eigenvalue weighted by molar-refractivity contribution is 6.36. The number of benzene rings is 2. The lowest BCUT2D eigenvalue weighted by molar-refractivity contribution is -0.110. The van der Waals surface area contributed by atoms with Gasteiger partial charge in [0.2, 0.25) is 0 Å². The summed E-state index contributed by atoms with van der Waals surface area (Å²) in [5.41, 5.74) is 2.87. The van der Waals surface area contributed by atoms with E-state index in [0.717, 1.165) is 11.1 Å². The summed E-state index contributed by atoms with van der Waals surface area (Å²) in [5.74, 6) is 0.00435. The lowest BCUT2D eigenvalue weighted by atomic mass is 10.0. The van der Waals surface area contributed by atoms with Gasteiger partial charge in [0.25, 0.3) is 5.91 Å². The molecule has 0 bridgehead atoms. The Morgan fingerprint density at radius 1 is 1.16 bits per heavy atom. The van der Waals surface area contributed by atoms with Crippen molar-refractivity contribution in [2.24, 2.45) is 0 Å². The normalized spacial score (nSPS) is 15.4. The Kier molecular flexibility index (Phi) is 2.76. The minimum Gasteiger partial charge on any atom is -0.508 e. The summed E-state index contributed by atoms with van der Waals surface area (Å²) in [5, 5.41) is 12.8. The second kappa shape index (κ2) is 4.44. The van der Waals surface area contributed by atoms with Crippen molar-refractivity contribution in [2.75, 3.05) is 5.32 Å². The summed E-state index contributed by atoms with van der Waals surface area (Å²) in [7, 11) is 0. The van der Waals surface area contributed by atoms with Crippen molar-refractivity contribution in [3.63, 3.8) is 0 Å². The first-order chi connectivity index (χ1) is 9.13. The molecule has 1 aliphatic rings. The van der Waals surface area contributed by atoms with Crippen LogP contribution in [0.15, 0.2) is 42.5 Å². The van der Waals surface area contributed by atoms with Gasteiger partial charge in [0.15, 0.2) is 0 Å². The molecule has 0 atom stereocenters. The second-order valence-electron chi connectivity index (χ2n) is 4.30. The number of anilines is 1. The Hall–Kier alpha value is -2.26. The molecule has 0 radical (unpaired) electrons. The standard InChI is InChI=1S/C15H10ClNO2/c16-10-4-5-12-13(15(19)17-14(12)8-10)7-9-2-1-3-11(18)6-9/h1-8,18H,(H,17,19)/b13-7-. The molecule has 2 aromatic rings. The van der Waals surface area contributed by atoms with Crippen LogP contribution in [-0.4, -0.2) is 11.0 Å². The fraction of sp³-hybridized carbons (Fsp3) is 0. The van der Waals surface area contributed by atoms with Crippen molar-refractivity contribution in [1.82, 2.24) is 0 Å². The summed E-state index contributed by atoms with van der Waals surface area (Å²) in [6, 6.07) is 12.0. The highest BCUT2D eigenvalue weighted by Crippen LogP contribution is 2.35. The van der Waals surface area contributed by atoms with Crippen molar-refractivity contribution in [1.29, 1.82) is 0 Å². The van der Waals surface area contributed by atoms with Crippen LogP contribution in [-0.2, 0) is 4.79 Å². The van der Waals surface area contributed by atoms with Gasteiger partial charge in [-0.1, -0.05) is 29.8 Å². The molecule has 0 unspecified atom stereocenters. The monoisotopic (exact) mass is 271 g/mol. The maximum atomic E-state index is 11.9. The fourth-order valence-electron chi connectivity index (χ4n) is 2.09. The molecule has 4 heteroatoms. The molecule has 0 aliphatic carbocycles. The summed E-state index contributed by atoms with van der Waals surface area (Å²) < 4.78 is 0. The third-order valence-electron chi connectivity index (χ3n) is 2.95. The average Bonchev–Trinajstić information content (AvgIpc) is 2.65. The smallest absolute Gasteiger partial charge is 0.256 e. The molecule has 2 aromatic carbocycles. The van der Waals surface area contributed by atoms with Crippen LogP contribution in [0.2, 0.25) is 5.02 Å². The molecule has 94 valence electrons. The lowest BCUT2D eigenvalue weighted by Gasteiger charge is -1.99. The van der Waals surface area contributed by atoms with Crippen LogP contribution in [0.25, 0.3) is 11.6 Å². The molecule has 2 N–H and O–H groups in total. The Bertz CT molecular complexity index is 707. The van der Waals surface area contributed by atoms with Crippen LogP contribution in [0.1, 0.15) is 11.1 Å².